The van der Waals surface area contributed by atoms with Crippen LogP contribution < -0.4 is 0 Å². The molecule has 0 unspecified atom stereocenters. The second-order valence-corrected chi connectivity index (χ2v) is 22.6. The van der Waals surface area contributed by atoms with E-state index in [-0.39, 0.29) is 0 Å². The summed E-state index contributed by atoms with van der Waals surface area (Å²) in [6.45, 7) is 0. The molecule has 6 aromatic heterocycles. The zero-order valence-electron chi connectivity index (χ0n) is 46.4. The highest BCUT2D eigenvalue weighted by Crippen LogP contribution is 2.48. The molecule has 19 aromatic rings. The minimum atomic E-state index is 0.879. The van der Waals surface area contributed by atoms with Gasteiger partial charge in [-0.2, -0.15) is 0 Å². The predicted octanol–water partition coefficient (Wildman–Crippen LogP) is 20.2. The van der Waals surface area contributed by atoms with Crippen molar-refractivity contribution in [2.75, 3.05) is 0 Å². The van der Waals surface area contributed by atoms with Gasteiger partial charge in [0.1, 0.15) is 0 Å². The van der Waals surface area contributed by atoms with Crippen molar-refractivity contribution in [3.05, 3.63) is 297 Å². The molecule has 0 atom stereocenters. The average molecular weight is 1100 g/mol. The van der Waals surface area contributed by atoms with Crippen molar-refractivity contribution in [3.8, 4) is 50.7 Å². The van der Waals surface area contributed by atoms with Crippen LogP contribution in [0.4, 0.5) is 0 Å². The molecule has 0 N–H and O–H groups in total. The van der Waals surface area contributed by atoms with E-state index < -0.39 is 0 Å². The van der Waals surface area contributed by atoms with Gasteiger partial charge < -0.3 is 18.3 Å². The van der Waals surface area contributed by atoms with Gasteiger partial charge in [0.05, 0.1) is 83.3 Å². The van der Waals surface area contributed by atoms with Crippen LogP contribution in [0.5, 0.6) is 0 Å². The number of para-hydroxylation sites is 12. The highest BCUT2D eigenvalue weighted by molar-refractivity contribution is 6.20. The summed E-state index contributed by atoms with van der Waals surface area (Å²) < 4.78 is 14.7. The van der Waals surface area contributed by atoms with Crippen LogP contribution in [0.1, 0.15) is 0 Å². The van der Waals surface area contributed by atoms with Gasteiger partial charge in [0.2, 0.25) is 5.78 Å². The molecule has 0 aliphatic rings. The molecule has 0 radical (unpaired) electrons. The van der Waals surface area contributed by atoms with E-state index in [0.29, 0.717) is 0 Å². The van der Waals surface area contributed by atoms with E-state index in [9.17, 15) is 0 Å². The fourth-order valence-corrected chi connectivity index (χ4v) is 14.7. The molecule has 13 aromatic carbocycles. The Hall–Kier alpha value is -11.7. The Morgan fingerprint density at radius 2 is 0.628 bits per heavy atom. The maximum atomic E-state index is 5.49. The van der Waals surface area contributed by atoms with E-state index in [2.05, 4.69) is 324 Å². The normalized spacial score (nSPS) is 12.2. The van der Waals surface area contributed by atoms with Gasteiger partial charge in [0, 0.05) is 76.7 Å². The Balaban J connectivity index is 0.916. The Morgan fingerprint density at radius 3 is 1.17 bits per heavy atom. The maximum Gasteiger partial charge on any atom is 0.220 e. The highest BCUT2D eigenvalue weighted by atomic mass is 15.2. The van der Waals surface area contributed by atoms with Crippen LogP contribution in [0.3, 0.4) is 0 Å². The van der Waals surface area contributed by atoms with Crippen molar-refractivity contribution < 1.29 is 0 Å². The molecule has 0 saturated carbocycles. The lowest BCUT2D eigenvalue weighted by Crippen LogP contribution is -2.05. The van der Waals surface area contributed by atoms with Crippen molar-refractivity contribution in [2.45, 2.75) is 0 Å². The number of hydrogen-bond acceptors (Lipinski definition) is 1. The summed E-state index contributed by atoms with van der Waals surface area (Å²) in [5, 5.41) is 9.60. The first-order chi connectivity index (χ1) is 42.7. The molecular weight excluding hydrogens is 1050 g/mol. The summed E-state index contributed by atoms with van der Waals surface area (Å²) >= 11 is 0. The van der Waals surface area contributed by atoms with Crippen LogP contribution in [-0.4, -0.2) is 32.2 Å². The quantitative estimate of drug-likeness (QED) is 0.157. The third kappa shape index (κ3) is 6.42. The SMILES string of the molecule is c1ccc(-n2c3ccccc3n3c4c(ccc5c6ccccc6n(-c6ccc7c(c6)c6ccccc6n7-c6c(-c7ccccc7-n7c8ccccc8c8ccccc87)cccc6-c6ccccc6-n6c7ccccc7c7ccccc76)c54)nc23)cc1. The molecule has 6 heterocycles. The van der Waals surface area contributed by atoms with Gasteiger partial charge >= 0.3 is 0 Å². The molecule has 0 aliphatic carbocycles. The number of nitrogens with zero attached hydrogens (tertiary/aromatic N) is 7. The minimum absolute atomic E-state index is 0.879. The number of benzene rings is 13. The number of aromatic nitrogens is 7. The van der Waals surface area contributed by atoms with E-state index in [4.69, 9.17) is 4.98 Å². The van der Waals surface area contributed by atoms with Crippen molar-refractivity contribution in [1.82, 2.24) is 32.2 Å². The lowest BCUT2D eigenvalue weighted by molar-refractivity contribution is 1.11. The Kier molecular flexibility index (Phi) is 9.77. The summed E-state index contributed by atoms with van der Waals surface area (Å²) in [6, 6.07) is 109. The van der Waals surface area contributed by atoms with Gasteiger partial charge in [0.15, 0.2) is 0 Å². The molecule has 400 valence electrons. The van der Waals surface area contributed by atoms with Gasteiger partial charge in [-0.15, -0.1) is 0 Å². The molecular formula is C79H49N7. The molecule has 7 nitrogen and oxygen atoms in total. The number of rotatable bonds is 7. The topological polar surface area (TPSA) is 42.0 Å². The first kappa shape index (κ1) is 46.9. The van der Waals surface area contributed by atoms with Crippen molar-refractivity contribution in [3.63, 3.8) is 0 Å². The summed E-state index contributed by atoms with van der Waals surface area (Å²) in [4.78, 5) is 5.49. The smallest absolute Gasteiger partial charge is 0.220 e. The first-order valence-corrected chi connectivity index (χ1v) is 29.5. The van der Waals surface area contributed by atoms with Gasteiger partial charge in [-0.25, -0.2) is 4.98 Å². The lowest BCUT2D eigenvalue weighted by atomic mass is 9.93. The third-order valence-corrected chi connectivity index (χ3v) is 18.2. The lowest BCUT2D eigenvalue weighted by Gasteiger charge is -2.23. The predicted molar refractivity (Wildman–Crippen MR) is 358 cm³/mol. The largest absolute Gasteiger partial charge is 0.309 e. The van der Waals surface area contributed by atoms with Crippen molar-refractivity contribution in [2.24, 2.45) is 0 Å². The zero-order chi connectivity index (χ0) is 56.1. The average Bonchev–Trinajstić information content (AvgIpc) is 1.58. The molecule has 0 saturated heterocycles. The fourth-order valence-electron chi connectivity index (χ4n) is 14.7. The monoisotopic (exact) mass is 1100 g/mol. The van der Waals surface area contributed by atoms with E-state index in [1.54, 1.807) is 0 Å². The number of imidazole rings is 2. The zero-order valence-corrected chi connectivity index (χ0v) is 46.4. The minimum Gasteiger partial charge on any atom is -0.309 e. The molecule has 86 heavy (non-hydrogen) atoms. The highest BCUT2D eigenvalue weighted by Gasteiger charge is 2.27. The maximum absolute atomic E-state index is 5.49. The standard InChI is InChI=1S/C79H49N7/c1-2-23-50(24-3-1)82-74-43-20-21-44-75(74)86-78-64(80-79(82)86)47-46-62-58-31-8-12-35-65(58)81(77(62)78)51-45-48-73-63(49-51)59-32-11-19-42-72(59)85(73)76-60(56-29-9-17-40-70(56)83-66-36-13-4-25-52(66)53-26-5-14-37-67(53)83)33-22-34-61(76)57-30-10-18-41-71(57)84-68-38-15-6-27-54(68)55-28-7-16-39-69(55)84/h1-49H. The molecule has 0 aliphatic heterocycles. The number of fused-ring (bicyclic) bond motifs is 18. The molecule has 0 spiro atoms. The van der Waals surface area contributed by atoms with Gasteiger partial charge in [-0.05, 0) is 103 Å². The molecule has 0 amide bonds. The summed E-state index contributed by atoms with van der Waals surface area (Å²) in [7, 11) is 0. The van der Waals surface area contributed by atoms with E-state index in [1.165, 1.54) is 59.8 Å². The third-order valence-electron chi connectivity index (χ3n) is 18.2. The summed E-state index contributed by atoms with van der Waals surface area (Å²) in [6.07, 6.45) is 0. The fraction of sp³-hybridized carbons (Fsp3) is 0. The van der Waals surface area contributed by atoms with Crippen LogP contribution in [0.2, 0.25) is 0 Å². The second-order valence-electron chi connectivity index (χ2n) is 22.6. The molecule has 0 bridgehead atoms. The molecule has 19 rings (SSSR count). The van der Waals surface area contributed by atoms with Crippen molar-refractivity contribution >= 4 is 115 Å². The van der Waals surface area contributed by atoms with Gasteiger partial charge in [-0.1, -0.05) is 194 Å². The van der Waals surface area contributed by atoms with Crippen LogP contribution in [0.15, 0.2) is 297 Å². The Morgan fingerprint density at radius 1 is 0.221 bits per heavy atom. The first-order valence-electron chi connectivity index (χ1n) is 29.5. The second kappa shape index (κ2) is 17.9. The van der Waals surface area contributed by atoms with E-state index >= 15 is 0 Å². The Bertz CT molecular complexity index is 5750. The van der Waals surface area contributed by atoms with Gasteiger partial charge in [-0.3, -0.25) is 8.97 Å². The molecule has 7 heteroatoms. The van der Waals surface area contributed by atoms with Gasteiger partial charge in [0.25, 0.3) is 0 Å². The van der Waals surface area contributed by atoms with Crippen molar-refractivity contribution in [1.29, 1.82) is 0 Å². The number of hydrogen-bond donors (Lipinski definition) is 0. The van der Waals surface area contributed by atoms with E-state index in [1.807, 2.05) is 0 Å². The summed E-state index contributed by atoms with van der Waals surface area (Å²) in [5.41, 5.74) is 23.3. The summed E-state index contributed by atoms with van der Waals surface area (Å²) in [5.74, 6) is 0.879. The van der Waals surface area contributed by atoms with E-state index in [0.717, 1.165) is 106 Å². The van der Waals surface area contributed by atoms with Crippen LogP contribution in [-0.2, 0) is 0 Å². The molecule has 0 fully saturated rings. The Labute approximate surface area is 492 Å². The van der Waals surface area contributed by atoms with Crippen LogP contribution >= 0.6 is 0 Å². The van der Waals surface area contributed by atoms with Crippen LogP contribution in [0, 0.1) is 0 Å². The van der Waals surface area contributed by atoms with Crippen LogP contribution in [0.25, 0.3) is 166 Å².